The number of hydrogen-bond donors (Lipinski definition) is 1. The van der Waals surface area contributed by atoms with Crippen LogP contribution in [-0.4, -0.2) is 23.4 Å². The zero-order chi connectivity index (χ0) is 11.8. The standard InChI is InChI=1S/C14H26O2/c1-14(2,3)16-9-13(15)8-12-7-10-4-5-11(12)6-10/h10-13,15H,4-9H2,1-3H3. The molecule has 2 fully saturated rings. The molecule has 0 amide bonds. The number of aliphatic hydroxyl groups excluding tert-OH is 1. The van der Waals surface area contributed by atoms with Gasteiger partial charge in [-0.2, -0.15) is 0 Å². The zero-order valence-corrected chi connectivity index (χ0v) is 10.9. The molecule has 2 aliphatic carbocycles. The van der Waals surface area contributed by atoms with Crippen molar-refractivity contribution in [2.75, 3.05) is 6.61 Å². The molecule has 2 aliphatic rings. The highest BCUT2D eigenvalue weighted by atomic mass is 16.5. The van der Waals surface area contributed by atoms with Crippen LogP contribution in [0.2, 0.25) is 0 Å². The lowest BCUT2D eigenvalue weighted by molar-refractivity contribution is -0.0558. The molecule has 2 nitrogen and oxygen atoms in total. The Bertz CT molecular complexity index is 231. The molecule has 4 unspecified atom stereocenters. The van der Waals surface area contributed by atoms with E-state index in [1.165, 1.54) is 25.7 Å². The third-order valence-corrected chi connectivity index (χ3v) is 4.17. The van der Waals surface area contributed by atoms with E-state index in [0.717, 1.165) is 24.2 Å². The van der Waals surface area contributed by atoms with Crippen LogP contribution in [0.4, 0.5) is 0 Å². The molecule has 1 N–H and O–H groups in total. The van der Waals surface area contributed by atoms with Gasteiger partial charge in [0.1, 0.15) is 0 Å². The first-order valence-corrected chi connectivity index (χ1v) is 6.76. The number of aliphatic hydroxyl groups is 1. The summed E-state index contributed by atoms with van der Waals surface area (Å²) in [5, 5.41) is 9.98. The molecular weight excluding hydrogens is 200 g/mol. The highest BCUT2D eigenvalue weighted by Crippen LogP contribution is 2.49. The molecule has 0 radical (unpaired) electrons. The van der Waals surface area contributed by atoms with E-state index in [2.05, 4.69) is 0 Å². The van der Waals surface area contributed by atoms with E-state index >= 15 is 0 Å². The van der Waals surface area contributed by atoms with Crippen molar-refractivity contribution in [1.82, 2.24) is 0 Å². The second-order valence-electron chi connectivity index (χ2n) is 6.75. The van der Waals surface area contributed by atoms with Gasteiger partial charge in [-0.3, -0.25) is 0 Å². The van der Waals surface area contributed by atoms with E-state index in [-0.39, 0.29) is 11.7 Å². The van der Waals surface area contributed by atoms with Gasteiger partial charge in [0.25, 0.3) is 0 Å². The Balaban J connectivity index is 1.69. The van der Waals surface area contributed by atoms with Crippen LogP contribution in [0.5, 0.6) is 0 Å². The van der Waals surface area contributed by atoms with Crippen molar-refractivity contribution >= 4 is 0 Å². The Labute approximate surface area is 99.4 Å². The van der Waals surface area contributed by atoms with E-state index in [9.17, 15) is 5.11 Å². The quantitative estimate of drug-likeness (QED) is 0.798. The van der Waals surface area contributed by atoms with Crippen molar-refractivity contribution in [3.05, 3.63) is 0 Å². The van der Waals surface area contributed by atoms with Crippen LogP contribution in [0.25, 0.3) is 0 Å². The average Bonchev–Trinajstić information content (AvgIpc) is 2.75. The van der Waals surface area contributed by atoms with Gasteiger partial charge in [0.05, 0.1) is 18.3 Å². The Hall–Kier alpha value is -0.0800. The van der Waals surface area contributed by atoms with Gasteiger partial charge in [-0.1, -0.05) is 6.42 Å². The monoisotopic (exact) mass is 226 g/mol. The van der Waals surface area contributed by atoms with Crippen molar-refractivity contribution in [2.45, 2.75) is 64.6 Å². The SMILES string of the molecule is CC(C)(C)OCC(O)CC1CC2CCC1C2. The number of hydrogen-bond acceptors (Lipinski definition) is 2. The lowest BCUT2D eigenvalue weighted by Gasteiger charge is -2.26. The van der Waals surface area contributed by atoms with Gasteiger partial charge in [-0.05, 0) is 64.2 Å². The van der Waals surface area contributed by atoms with Crippen LogP contribution in [0, 0.1) is 17.8 Å². The van der Waals surface area contributed by atoms with Crippen molar-refractivity contribution in [1.29, 1.82) is 0 Å². The van der Waals surface area contributed by atoms with Crippen molar-refractivity contribution in [3.63, 3.8) is 0 Å². The molecule has 0 aliphatic heterocycles. The summed E-state index contributed by atoms with van der Waals surface area (Å²) < 4.78 is 5.63. The third-order valence-electron chi connectivity index (χ3n) is 4.17. The fourth-order valence-corrected chi connectivity index (χ4v) is 3.43. The minimum atomic E-state index is -0.261. The number of ether oxygens (including phenoxy) is 1. The van der Waals surface area contributed by atoms with Crippen LogP contribution in [0.3, 0.4) is 0 Å². The molecule has 0 saturated heterocycles. The van der Waals surface area contributed by atoms with Crippen LogP contribution in [-0.2, 0) is 4.74 Å². The minimum absolute atomic E-state index is 0.129. The fourth-order valence-electron chi connectivity index (χ4n) is 3.43. The topological polar surface area (TPSA) is 29.5 Å². The van der Waals surface area contributed by atoms with Crippen LogP contribution < -0.4 is 0 Å². The van der Waals surface area contributed by atoms with Gasteiger partial charge in [-0.15, -0.1) is 0 Å². The van der Waals surface area contributed by atoms with Crippen LogP contribution >= 0.6 is 0 Å². The van der Waals surface area contributed by atoms with E-state index in [4.69, 9.17) is 4.74 Å². The maximum absolute atomic E-state index is 9.98. The summed E-state index contributed by atoms with van der Waals surface area (Å²) in [4.78, 5) is 0. The molecular formula is C14H26O2. The predicted molar refractivity (Wildman–Crippen MR) is 65.3 cm³/mol. The molecule has 0 aromatic heterocycles. The molecule has 16 heavy (non-hydrogen) atoms. The van der Waals surface area contributed by atoms with Crippen molar-refractivity contribution in [2.24, 2.45) is 17.8 Å². The Morgan fingerprint density at radius 3 is 2.50 bits per heavy atom. The number of fused-ring (bicyclic) bond motifs is 2. The van der Waals surface area contributed by atoms with Crippen LogP contribution in [0.1, 0.15) is 52.9 Å². The normalized spacial score (nSPS) is 35.6. The molecule has 2 saturated carbocycles. The maximum Gasteiger partial charge on any atom is 0.0776 e. The smallest absolute Gasteiger partial charge is 0.0776 e. The van der Waals surface area contributed by atoms with Gasteiger partial charge >= 0.3 is 0 Å². The summed E-state index contributed by atoms with van der Waals surface area (Å²) in [7, 11) is 0. The van der Waals surface area contributed by atoms with Crippen LogP contribution in [0.15, 0.2) is 0 Å². The summed E-state index contributed by atoms with van der Waals surface area (Å²) in [6.07, 6.45) is 6.33. The lowest BCUT2D eigenvalue weighted by atomic mass is 9.85. The second kappa shape index (κ2) is 4.66. The van der Waals surface area contributed by atoms with Gasteiger partial charge in [0.2, 0.25) is 0 Å². The highest BCUT2D eigenvalue weighted by molar-refractivity contribution is 4.90. The summed E-state index contributed by atoms with van der Waals surface area (Å²) >= 11 is 0. The predicted octanol–water partition coefficient (Wildman–Crippen LogP) is 2.99. The van der Waals surface area contributed by atoms with Gasteiger partial charge in [0.15, 0.2) is 0 Å². The largest absolute Gasteiger partial charge is 0.391 e. The van der Waals surface area contributed by atoms with Gasteiger partial charge < -0.3 is 9.84 Å². The first-order valence-electron chi connectivity index (χ1n) is 6.76. The molecule has 4 atom stereocenters. The fraction of sp³-hybridized carbons (Fsp3) is 1.00. The summed E-state index contributed by atoms with van der Waals surface area (Å²) in [6.45, 7) is 6.61. The first-order chi connectivity index (χ1) is 7.44. The molecule has 0 spiro atoms. The van der Waals surface area contributed by atoms with E-state index in [0.29, 0.717) is 6.61 Å². The number of rotatable bonds is 4. The maximum atomic E-state index is 9.98. The second-order valence-corrected chi connectivity index (χ2v) is 6.75. The molecule has 0 aromatic carbocycles. The molecule has 2 heteroatoms. The van der Waals surface area contributed by atoms with E-state index in [1.54, 1.807) is 0 Å². The highest BCUT2D eigenvalue weighted by Gasteiger charge is 2.39. The van der Waals surface area contributed by atoms with Gasteiger partial charge in [-0.25, -0.2) is 0 Å². The Kier molecular flexibility index (Phi) is 3.60. The Morgan fingerprint density at radius 1 is 1.25 bits per heavy atom. The van der Waals surface area contributed by atoms with Crippen molar-refractivity contribution in [3.8, 4) is 0 Å². The summed E-state index contributed by atoms with van der Waals surface area (Å²) in [6, 6.07) is 0. The minimum Gasteiger partial charge on any atom is -0.391 e. The van der Waals surface area contributed by atoms with E-state index in [1.807, 2.05) is 20.8 Å². The summed E-state index contributed by atoms with van der Waals surface area (Å²) in [5.41, 5.74) is -0.129. The average molecular weight is 226 g/mol. The molecule has 2 rings (SSSR count). The molecule has 0 aromatic rings. The molecule has 0 heterocycles. The molecule has 2 bridgehead atoms. The van der Waals surface area contributed by atoms with Gasteiger partial charge in [0, 0.05) is 0 Å². The van der Waals surface area contributed by atoms with Crippen molar-refractivity contribution < 1.29 is 9.84 Å². The summed E-state index contributed by atoms with van der Waals surface area (Å²) in [5.74, 6) is 2.66. The first kappa shape index (κ1) is 12.4. The zero-order valence-electron chi connectivity index (χ0n) is 10.9. The third kappa shape index (κ3) is 3.21. The lowest BCUT2D eigenvalue weighted by Crippen LogP contribution is -2.28. The molecule has 94 valence electrons. The Morgan fingerprint density at radius 2 is 2.00 bits per heavy atom. The van der Waals surface area contributed by atoms with E-state index < -0.39 is 0 Å².